The maximum atomic E-state index is 12.4. The molecule has 0 aliphatic rings. The molecule has 0 aliphatic heterocycles. The molecular formula is C21H21ClN4O3. The number of aryl methyl sites for hydroxylation is 1. The molecule has 2 aromatic carbocycles. The molecule has 0 atom stereocenters. The summed E-state index contributed by atoms with van der Waals surface area (Å²) in [6, 6.07) is 13.7. The molecule has 0 fully saturated rings. The van der Waals surface area contributed by atoms with Crippen LogP contribution < -0.4 is 15.4 Å². The van der Waals surface area contributed by atoms with E-state index in [0.717, 1.165) is 5.69 Å². The Kier molecular flexibility index (Phi) is 6.19. The van der Waals surface area contributed by atoms with Crippen LogP contribution in [0.4, 0.5) is 11.4 Å². The predicted octanol–water partition coefficient (Wildman–Crippen LogP) is 4.05. The van der Waals surface area contributed by atoms with E-state index < -0.39 is 0 Å². The van der Waals surface area contributed by atoms with E-state index in [9.17, 15) is 9.59 Å². The normalized spacial score (nSPS) is 10.5. The predicted molar refractivity (Wildman–Crippen MR) is 113 cm³/mol. The number of ether oxygens (including phenoxy) is 1. The van der Waals surface area contributed by atoms with Crippen molar-refractivity contribution in [1.82, 2.24) is 9.78 Å². The Morgan fingerprint density at radius 1 is 1.00 bits per heavy atom. The summed E-state index contributed by atoms with van der Waals surface area (Å²) in [6.07, 6.45) is 0. The molecule has 1 aromatic heterocycles. The molecule has 0 radical (unpaired) electrons. The number of amides is 2. The summed E-state index contributed by atoms with van der Waals surface area (Å²) in [7, 11) is 1.58. The van der Waals surface area contributed by atoms with Crippen LogP contribution in [0.5, 0.6) is 5.75 Å². The molecule has 0 unspecified atom stereocenters. The fourth-order valence-electron chi connectivity index (χ4n) is 2.75. The number of methoxy groups -OCH3 is 1. The van der Waals surface area contributed by atoms with E-state index in [1.807, 2.05) is 6.92 Å². The Morgan fingerprint density at radius 3 is 2.14 bits per heavy atom. The van der Waals surface area contributed by atoms with Gasteiger partial charge in [0.2, 0.25) is 5.91 Å². The van der Waals surface area contributed by atoms with Crippen molar-refractivity contribution in [3.05, 3.63) is 70.5 Å². The van der Waals surface area contributed by atoms with Crippen molar-refractivity contribution >= 4 is 34.8 Å². The van der Waals surface area contributed by atoms with Gasteiger partial charge in [0.05, 0.1) is 23.5 Å². The molecule has 29 heavy (non-hydrogen) atoms. The molecule has 2 N–H and O–H groups in total. The van der Waals surface area contributed by atoms with Gasteiger partial charge >= 0.3 is 0 Å². The number of carbonyl (C=O) groups is 2. The first-order valence-electron chi connectivity index (χ1n) is 8.92. The van der Waals surface area contributed by atoms with Crippen LogP contribution in [0.25, 0.3) is 0 Å². The van der Waals surface area contributed by atoms with Crippen LogP contribution in [-0.4, -0.2) is 28.7 Å². The fourth-order valence-corrected chi connectivity index (χ4v) is 2.88. The Hall–Kier alpha value is -3.32. The molecule has 1 heterocycles. The van der Waals surface area contributed by atoms with Crippen molar-refractivity contribution in [2.45, 2.75) is 20.4 Å². The fraction of sp³-hybridized carbons (Fsp3) is 0.190. The van der Waals surface area contributed by atoms with Crippen LogP contribution in [0.15, 0.2) is 48.5 Å². The molecule has 3 rings (SSSR count). The molecule has 3 aromatic rings. The summed E-state index contributed by atoms with van der Waals surface area (Å²) in [6.45, 7) is 3.66. The van der Waals surface area contributed by atoms with Crippen molar-refractivity contribution in [2.75, 3.05) is 17.7 Å². The van der Waals surface area contributed by atoms with Crippen molar-refractivity contribution in [3.63, 3.8) is 0 Å². The Bertz CT molecular complexity index is 1030. The van der Waals surface area contributed by atoms with Crippen LogP contribution in [0.3, 0.4) is 0 Å². The number of rotatable bonds is 6. The lowest BCUT2D eigenvalue weighted by atomic mass is 10.2. The number of benzene rings is 2. The highest BCUT2D eigenvalue weighted by Crippen LogP contribution is 2.19. The molecular weight excluding hydrogens is 392 g/mol. The molecule has 7 nitrogen and oxygen atoms in total. The summed E-state index contributed by atoms with van der Waals surface area (Å²) in [5.74, 6) is 0.235. The highest BCUT2D eigenvalue weighted by atomic mass is 35.5. The van der Waals surface area contributed by atoms with Crippen molar-refractivity contribution in [3.8, 4) is 5.75 Å². The van der Waals surface area contributed by atoms with E-state index in [1.165, 1.54) is 0 Å². The number of aromatic nitrogens is 2. The Balaban J connectivity index is 1.59. The lowest BCUT2D eigenvalue weighted by molar-refractivity contribution is -0.116. The van der Waals surface area contributed by atoms with Crippen LogP contribution in [-0.2, 0) is 11.3 Å². The third kappa shape index (κ3) is 4.94. The van der Waals surface area contributed by atoms with Gasteiger partial charge in [0.15, 0.2) is 0 Å². The number of nitrogens with one attached hydrogen (secondary N) is 2. The van der Waals surface area contributed by atoms with Gasteiger partial charge in [0.25, 0.3) is 5.91 Å². The number of hydrogen-bond donors (Lipinski definition) is 2. The number of carbonyl (C=O) groups excluding carboxylic acids is 2. The van der Waals surface area contributed by atoms with Gasteiger partial charge in [-0.3, -0.25) is 14.3 Å². The van der Waals surface area contributed by atoms with E-state index in [1.54, 1.807) is 67.2 Å². The largest absolute Gasteiger partial charge is 0.497 e. The number of nitrogens with zero attached hydrogens (tertiary/aromatic N) is 2. The van der Waals surface area contributed by atoms with Crippen molar-refractivity contribution in [2.24, 2.45) is 0 Å². The monoisotopic (exact) mass is 412 g/mol. The van der Waals surface area contributed by atoms with E-state index in [4.69, 9.17) is 16.3 Å². The summed E-state index contributed by atoms with van der Waals surface area (Å²) in [5.41, 5.74) is 3.15. The maximum absolute atomic E-state index is 12.4. The maximum Gasteiger partial charge on any atom is 0.255 e. The van der Waals surface area contributed by atoms with Gasteiger partial charge in [-0.25, -0.2) is 0 Å². The lowest BCUT2D eigenvalue weighted by Crippen LogP contribution is -2.20. The lowest BCUT2D eigenvalue weighted by Gasteiger charge is -2.09. The van der Waals surface area contributed by atoms with E-state index >= 15 is 0 Å². The second-order valence-corrected chi connectivity index (χ2v) is 6.83. The van der Waals surface area contributed by atoms with Gasteiger partial charge in [0, 0.05) is 16.9 Å². The molecule has 0 saturated carbocycles. The first kappa shape index (κ1) is 20.4. The van der Waals surface area contributed by atoms with Gasteiger partial charge in [-0.05, 0) is 62.4 Å². The van der Waals surface area contributed by atoms with E-state index in [0.29, 0.717) is 33.4 Å². The van der Waals surface area contributed by atoms with Gasteiger partial charge < -0.3 is 15.4 Å². The first-order chi connectivity index (χ1) is 13.9. The summed E-state index contributed by atoms with van der Waals surface area (Å²) in [4.78, 5) is 24.6. The quantitative estimate of drug-likeness (QED) is 0.639. The standard InChI is InChI=1S/C21H21ClN4O3/c1-13-20(22)14(2)26(25-13)12-19(27)23-16-6-4-15(5-7-16)21(28)24-17-8-10-18(29-3)11-9-17/h4-11H,12H2,1-3H3,(H,23,27)(H,24,28). The second-order valence-electron chi connectivity index (χ2n) is 6.45. The number of anilines is 2. The van der Waals surface area contributed by atoms with Crippen molar-refractivity contribution < 1.29 is 14.3 Å². The zero-order valence-electron chi connectivity index (χ0n) is 16.3. The smallest absolute Gasteiger partial charge is 0.255 e. The van der Waals surface area contributed by atoms with E-state index in [-0.39, 0.29) is 18.4 Å². The number of hydrogen-bond acceptors (Lipinski definition) is 4. The molecule has 0 aliphatic carbocycles. The van der Waals surface area contributed by atoms with Gasteiger partial charge in [-0.2, -0.15) is 5.10 Å². The van der Waals surface area contributed by atoms with Crippen molar-refractivity contribution in [1.29, 1.82) is 0 Å². The molecule has 8 heteroatoms. The molecule has 0 saturated heterocycles. The SMILES string of the molecule is COc1ccc(NC(=O)c2ccc(NC(=O)Cn3nc(C)c(Cl)c3C)cc2)cc1. The Morgan fingerprint density at radius 2 is 1.59 bits per heavy atom. The highest BCUT2D eigenvalue weighted by molar-refractivity contribution is 6.31. The third-order valence-corrected chi connectivity index (χ3v) is 4.91. The van der Waals surface area contributed by atoms with E-state index in [2.05, 4.69) is 15.7 Å². The zero-order chi connectivity index (χ0) is 21.0. The summed E-state index contributed by atoms with van der Waals surface area (Å²) >= 11 is 6.10. The van der Waals surface area contributed by atoms with Gasteiger partial charge in [0.1, 0.15) is 12.3 Å². The van der Waals surface area contributed by atoms with Crippen LogP contribution >= 0.6 is 11.6 Å². The highest BCUT2D eigenvalue weighted by Gasteiger charge is 2.13. The van der Waals surface area contributed by atoms with Crippen LogP contribution in [0, 0.1) is 13.8 Å². The van der Waals surface area contributed by atoms with Gasteiger partial charge in [-0.15, -0.1) is 0 Å². The molecule has 2 amide bonds. The average molecular weight is 413 g/mol. The average Bonchev–Trinajstić information content (AvgIpc) is 2.95. The summed E-state index contributed by atoms with van der Waals surface area (Å²) < 4.78 is 6.65. The minimum Gasteiger partial charge on any atom is -0.497 e. The summed E-state index contributed by atoms with van der Waals surface area (Å²) in [5, 5.41) is 10.4. The number of halogens is 1. The second kappa shape index (κ2) is 8.79. The molecule has 150 valence electrons. The minimum atomic E-state index is -0.245. The van der Waals surface area contributed by atoms with Crippen LogP contribution in [0.2, 0.25) is 5.02 Å². The minimum absolute atomic E-state index is 0.0547. The van der Waals surface area contributed by atoms with Gasteiger partial charge in [-0.1, -0.05) is 11.6 Å². The topological polar surface area (TPSA) is 85.3 Å². The molecule has 0 bridgehead atoms. The molecule has 0 spiro atoms. The first-order valence-corrected chi connectivity index (χ1v) is 9.30. The van der Waals surface area contributed by atoms with Crippen LogP contribution in [0.1, 0.15) is 21.7 Å². The Labute approximate surface area is 173 Å². The third-order valence-electron chi connectivity index (χ3n) is 4.37. The zero-order valence-corrected chi connectivity index (χ0v) is 17.1.